The van der Waals surface area contributed by atoms with Gasteiger partial charge in [-0.3, -0.25) is 58.0 Å². The number of phenolic OH excluding ortho intramolecular Hbond substituents is 1. The first-order chi connectivity index (χ1) is 25.5. The Balaban J connectivity index is 1.57. The zero-order chi connectivity index (χ0) is 39.9. The van der Waals surface area contributed by atoms with E-state index in [2.05, 4.69) is 10.6 Å². The molecule has 3 rings (SSSR count). The summed E-state index contributed by atoms with van der Waals surface area (Å²) in [6, 6.07) is 8.94. The van der Waals surface area contributed by atoms with Crippen molar-refractivity contribution in [2.75, 3.05) is 96.9 Å². The van der Waals surface area contributed by atoms with Crippen molar-refractivity contribution in [2.45, 2.75) is 0 Å². The van der Waals surface area contributed by atoms with Crippen LogP contribution in [0, 0.1) is 0 Å². The molecule has 0 radical (unpaired) electrons. The number of anilines is 1. The number of carbonyl (C=O) groups excluding carboxylic acids is 3. The molecular formula is C34H42N6O14. The van der Waals surface area contributed by atoms with Crippen molar-refractivity contribution >= 4 is 53.0 Å². The minimum Gasteiger partial charge on any atom is -0.507 e. The van der Waals surface area contributed by atoms with Gasteiger partial charge in [0.15, 0.2) is 11.6 Å². The molecule has 2 aromatic carbocycles. The number of benzene rings is 2. The molecule has 1 aliphatic carbocycles. The van der Waals surface area contributed by atoms with Crippen LogP contribution in [0.2, 0.25) is 0 Å². The SMILES string of the molecule is O=C(O)CN(CCN(CCN(CC(=O)O)CC(=O)NCCNc1ccc(O)c2c1C(=O)c1ccccc1C2=O)CC(=O)O)CCN(CC(=O)O)CC(=O)O. The van der Waals surface area contributed by atoms with Gasteiger partial charge >= 0.3 is 29.8 Å². The molecule has 0 bridgehead atoms. The van der Waals surface area contributed by atoms with Crippen molar-refractivity contribution in [2.24, 2.45) is 0 Å². The van der Waals surface area contributed by atoms with Gasteiger partial charge in [0.05, 0.1) is 50.4 Å². The van der Waals surface area contributed by atoms with E-state index >= 15 is 0 Å². The van der Waals surface area contributed by atoms with Crippen LogP contribution in [0.5, 0.6) is 5.75 Å². The molecule has 0 heterocycles. The fourth-order valence-electron chi connectivity index (χ4n) is 5.78. The van der Waals surface area contributed by atoms with E-state index in [-0.39, 0.29) is 92.6 Å². The molecule has 0 aliphatic heterocycles. The van der Waals surface area contributed by atoms with Gasteiger partial charge in [-0.05, 0) is 12.1 Å². The van der Waals surface area contributed by atoms with Gasteiger partial charge in [-0.15, -0.1) is 0 Å². The molecule has 0 spiro atoms. The fourth-order valence-corrected chi connectivity index (χ4v) is 5.78. The maximum Gasteiger partial charge on any atom is 0.317 e. The Hall–Kier alpha value is -5.96. The van der Waals surface area contributed by atoms with Crippen LogP contribution < -0.4 is 10.6 Å². The molecule has 0 saturated heterocycles. The van der Waals surface area contributed by atoms with Gasteiger partial charge in [-0.2, -0.15) is 0 Å². The molecule has 8 N–H and O–H groups in total. The molecular weight excluding hydrogens is 716 g/mol. The normalized spacial score (nSPS) is 12.1. The molecule has 1 aliphatic rings. The topological polar surface area (TPSA) is 295 Å². The predicted octanol–water partition coefficient (Wildman–Crippen LogP) is -1.67. The first-order valence-electron chi connectivity index (χ1n) is 16.6. The quantitative estimate of drug-likeness (QED) is 0.0354. The lowest BCUT2D eigenvalue weighted by molar-refractivity contribution is -0.143. The van der Waals surface area contributed by atoms with Crippen LogP contribution in [0.4, 0.5) is 5.69 Å². The molecule has 1 amide bonds. The third-order valence-electron chi connectivity index (χ3n) is 8.18. The van der Waals surface area contributed by atoms with Crippen molar-refractivity contribution in [1.82, 2.24) is 24.9 Å². The summed E-state index contributed by atoms with van der Waals surface area (Å²) in [6.07, 6.45) is 0. The Kier molecular flexibility index (Phi) is 16.0. The predicted molar refractivity (Wildman–Crippen MR) is 187 cm³/mol. The van der Waals surface area contributed by atoms with Gasteiger partial charge in [0, 0.05) is 69.2 Å². The zero-order valence-electron chi connectivity index (χ0n) is 29.1. The monoisotopic (exact) mass is 758 g/mol. The van der Waals surface area contributed by atoms with Crippen LogP contribution in [0.1, 0.15) is 31.8 Å². The van der Waals surface area contributed by atoms with Crippen LogP contribution in [0.15, 0.2) is 36.4 Å². The number of carbonyl (C=O) groups is 8. The van der Waals surface area contributed by atoms with Crippen molar-refractivity contribution in [3.05, 3.63) is 58.7 Å². The molecule has 2 aromatic rings. The van der Waals surface area contributed by atoms with Crippen molar-refractivity contribution in [1.29, 1.82) is 0 Å². The van der Waals surface area contributed by atoms with E-state index in [1.165, 1.54) is 39.0 Å². The van der Waals surface area contributed by atoms with E-state index in [9.17, 15) is 58.8 Å². The third kappa shape index (κ3) is 13.2. The molecule has 20 nitrogen and oxygen atoms in total. The van der Waals surface area contributed by atoms with Crippen LogP contribution in [0.25, 0.3) is 0 Å². The number of aromatic hydroxyl groups is 1. The molecule has 54 heavy (non-hydrogen) atoms. The maximum absolute atomic E-state index is 13.3. The summed E-state index contributed by atoms with van der Waals surface area (Å²) in [6.45, 7) is -3.39. The number of rotatable bonds is 25. The van der Waals surface area contributed by atoms with Crippen LogP contribution in [-0.4, -0.2) is 189 Å². The van der Waals surface area contributed by atoms with E-state index in [0.29, 0.717) is 0 Å². The highest BCUT2D eigenvalue weighted by atomic mass is 16.4. The molecule has 0 saturated carbocycles. The number of nitrogens with one attached hydrogen (secondary N) is 2. The molecule has 0 atom stereocenters. The minimum atomic E-state index is -1.28. The molecule has 0 unspecified atom stereocenters. The van der Waals surface area contributed by atoms with Crippen LogP contribution >= 0.6 is 0 Å². The first-order valence-corrected chi connectivity index (χ1v) is 16.6. The average molecular weight is 759 g/mol. The summed E-state index contributed by atoms with van der Waals surface area (Å²) in [5.74, 6) is -8.17. The van der Waals surface area contributed by atoms with Gasteiger partial charge in [0.2, 0.25) is 5.91 Å². The number of aliphatic carboxylic acids is 5. The Morgan fingerprint density at radius 1 is 0.500 bits per heavy atom. The standard InChI is InChI=1S/C34H42N6O14/c41-24-6-5-23(31-32(24)34(54)22-4-2-1-3-21(22)33(31)53)35-7-8-36-25(42)15-39(18-28(47)48)13-11-37(16-26(43)44)9-10-38(17-27(45)46)12-14-40(19-29(49)50)20-30(51)52/h1-6,35,41H,7-20H2,(H,36,42)(H,43,44)(H,45,46)(H,47,48)(H,49,50)(H,51,52). The highest BCUT2D eigenvalue weighted by Gasteiger charge is 2.34. The number of fused-ring (bicyclic) bond motifs is 2. The highest BCUT2D eigenvalue weighted by molar-refractivity contribution is 6.31. The van der Waals surface area contributed by atoms with Crippen LogP contribution in [0.3, 0.4) is 0 Å². The second-order valence-corrected chi connectivity index (χ2v) is 12.3. The highest BCUT2D eigenvalue weighted by Crippen LogP contribution is 2.36. The molecule has 0 aromatic heterocycles. The van der Waals surface area contributed by atoms with Gasteiger partial charge in [-0.1, -0.05) is 24.3 Å². The smallest absolute Gasteiger partial charge is 0.317 e. The van der Waals surface area contributed by atoms with Crippen LogP contribution in [-0.2, 0) is 28.8 Å². The van der Waals surface area contributed by atoms with Gasteiger partial charge < -0.3 is 41.3 Å². The molecule has 292 valence electrons. The van der Waals surface area contributed by atoms with Gasteiger partial charge in [0.25, 0.3) is 0 Å². The van der Waals surface area contributed by atoms with Crippen molar-refractivity contribution in [3.63, 3.8) is 0 Å². The Morgan fingerprint density at radius 2 is 0.889 bits per heavy atom. The lowest BCUT2D eigenvalue weighted by Crippen LogP contribution is -2.47. The number of carboxylic acids is 5. The second-order valence-electron chi connectivity index (χ2n) is 12.3. The Morgan fingerprint density at radius 3 is 1.33 bits per heavy atom. The largest absolute Gasteiger partial charge is 0.507 e. The maximum atomic E-state index is 13.3. The van der Waals surface area contributed by atoms with E-state index in [1.54, 1.807) is 12.1 Å². The summed E-state index contributed by atoms with van der Waals surface area (Å²) in [4.78, 5) is 101. The number of ketones is 2. The van der Waals surface area contributed by atoms with Gasteiger partial charge in [0.1, 0.15) is 5.75 Å². The summed E-state index contributed by atoms with van der Waals surface area (Å²) < 4.78 is 0. The van der Waals surface area contributed by atoms with E-state index in [4.69, 9.17) is 10.2 Å². The van der Waals surface area contributed by atoms with Crippen molar-refractivity contribution in [3.8, 4) is 5.75 Å². The number of hydrogen-bond acceptors (Lipinski definition) is 14. The second kappa shape index (κ2) is 20.3. The average Bonchev–Trinajstić information content (AvgIpc) is 3.08. The van der Waals surface area contributed by atoms with E-state index in [0.717, 1.165) is 4.90 Å². The third-order valence-corrected chi connectivity index (χ3v) is 8.18. The molecule has 20 heteroatoms. The van der Waals surface area contributed by atoms with Crippen molar-refractivity contribution < 1.29 is 69.0 Å². The number of carboxylic acid groups (broad SMARTS) is 5. The Bertz CT molecular complexity index is 1740. The summed E-state index contributed by atoms with van der Waals surface area (Å²) in [5.41, 5.74) is 0.473. The lowest BCUT2D eigenvalue weighted by Gasteiger charge is -2.29. The lowest BCUT2D eigenvalue weighted by atomic mass is 9.82. The Labute approximate surface area is 308 Å². The van der Waals surface area contributed by atoms with Gasteiger partial charge in [-0.25, -0.2) is 0 Å². The number of nitrogens with zero attached hydrogens (tertiary/aromatic N) is 4. The fraction of sp³-hybridized carbons (Fsp3) is 0.412. The summed E-state index contributed by atoms with van der Waals surface area (Å²) >= 11 is 0. The summed E-state index contributed by atoms with van der Waals surface area (Å²) in [5, 5.41) is 62.4. The van der Waals surface area contributed by atoms with E-state index < -0.39 is 80.0 Å². The molecule has 0 fully saturated rings. The first kappa shape index (κ1) is 42.5. The number of hydrogen-bond donors (Lipinski definition) is 8. The number of phenols is 1. The summed E-state index contributed by atoms with van der Waals surface area (Å²) in [7, 11) is 0. The zero-order valence-corrected chi connectivity index (χ0v) is 29.1. The minimum absolute atomic E-state index is 0.00648. The number of amides is 1. The van der Waals surface area contributed by atoms with E-state index in [1.807, 2.05) is 0 Å².